The molecule has 0 aromatic rings. The quantitative estimate of drug-likeness (QED) is 0.755. The fourth-order valence-electron chi connectivity index (χ4n) is 2.54. The molecule has 0 saturated carbocycles. The molecule has 0 amide bonds. The Morgan fingerprint density at radius 3 is 1.13 bits per heavy atom. The van der Waals surface area contributed by atoms with E-state index in [4.69, 9.17) is 0 Å². The molecule has 0 unspecified atom stereocenters. The molecule has 0 radical (unpaired) electrons. The molecule has 2 rings (SSSR count). The molecule has 0 aromatic carbocycles. The van der Waals surface area contributed by atoms with Crippen molar-refractivity contribution in [3.63, 3.8) is 0 Å². The van der Waals surface area contributed by atoms with Gasteiger partial charge in [0.15, 0.2) is 0 Å². The van der Waals surface area contributed by atoms with Crippen molar-refractivity contribution in [3.8, 4) is 0 Å². The zero-order valence-electron chi connectivity index (χ0n) is 9.88. The lowest BCUT2D eigenvalue weighted by atomic mass is 10.2. The van der Waals surface area contributed by atoms with E-state index in [1.807, 2.05) is 0 Å². The summed E-state index contributed by atoms with van der Waals surface area (Å²) in [6.45, 7) is 4.93. The van der Waals surface area contributed by atoms with Gasteiger partial charge in [0.1, 0.15) is 0 Å². The van der Waals surface area contributed by atoms with Crippen LogP contribution in [-0.4, -0.2) is 36.2 Å². The molecule has 0 atom stereocenters. The molecule has 2 aliphatic heterocycles. The number of hydrogen-bond acceptors (Lipinski definition) is 3. The molecule has 0 bridgehead atoms. The van der Waals surface area contributed by atoms with Crippen molar-refractivity contribution in [1.29, 1.82) is 0 Å². The Morgan fingerprint density at radius 2 is 0.800 bits per heavy atom. The summed E-state index contributed by atoms with van der Waals surface area (Å²) in [5.74, 6) is 0. The highest BCUT2D eigenvalue weighted by atomic mass is 15.7. The Hall–Kier alpha value is -0.120. The molecule has 2 aliphatic rings. The van der Waals surface area contributed by atoms with E-state index < -0.39 is 0 Å². The minimum Gasteiger partial charge on any atom is -0.231 e. The van der Waals surface area contributed by atoms with E-state index in [2.05, 4.69) is 15.6 Å². The van der Waals surface area contributed by atoms with Gasteiger partial charge < -0.3 is 0 Å². The third kappa shape index (κ3) is 4.09. The smallest absolute Gasteiger partial charge is 0.0144 e. The second-order valence-corrected chi connectivity index (χ2v) is 4.90. The van der Waals surface area contributed by atoms with E-state index in [1.165, 1.54) is 77.5 Å². The Bertz CT molecular complexity index is 138. The molecule has 15 heavy (non-hydrogen) atoms. The van der Waals surface area contributed by atoms with E-state index in [0.29, 0.717) is 0 Å². The largest absolute Gasteiger partial charge is 0.231 e. The van der Waals surface area contributed by atoms with Crippen LogP contribution in [0.25, 0.3) is 0 Å². The van der Waals surface area contributed by atoms with Gasteiger partial charge in [-0.05, 0) is 25.7 Å². The van der Waals surface area contributed by atoms with Crippen LogP contribution in [0.1, 0.15) is 51.4 Å². The molecular weight excluding hydrogens is 186 g/mol. The predicted molar refractivity (Wildman–Crippen MR) is 63.2 cm³/mol. The van der Waals surface area contributed by atoms with Gasteiger partial charge in [0, 0.05) is 26.2 Å². The van der Waals surface area contributed by atoms with Crippen LogP contribution in [0, 0.1) is 0 Å². The minimum atomic E-state index is 1.23. The second-order valence-electron chi connectivity index (χ2n) is 4.90. The maximum Gasteiger partial charge on any atom is 0.0144 e. The van der Waals surface area contributed by atoms with Gasteiger partial charge in [-0.3, -0.25) is 0 Å². The Balaban J connectivity index is 1.73. The van der Waals surface area contributed by atoms with Crippen molar-refractivity contribution in [3.05, 3.63) is 0 Å². The molecule has 0 spiro atoms. The third-order valence-corrected chi connectivity index (χ3v) is 3.49. The van der Waals surface area contributed by atoms with E-state index in [1.54, 1.807) is 0 Å². The van der Waals surface area contributed by atoms with Crippen LogP contribution in [0.3, 0.4) is 0 Å². The van der Waals surface area contributed by atoms with Gasteiger partial charge in [-0.1, -0.05) is 25.7 Å². The summed E-state index contributed by atoms with van der Waals surface area (Å²) >= 11 is 0. The number of nitrogens with one attached hydrogen (secondary N) is 1. The summed E-state index contributed by atoms with van der Waals surface area (Å²) in [6, 6.07) is 0. The molecule has 0 aliphatic carbocycles. The topological polar surface area (TPSA) is 18.5 Å². The predicted octanol–water partition coefficient (Wildman–Crippen LogP) is 2.16. The van der Waals surface area contributed by atoms with Crippen molar-refractivity contribution in [1.82, 2.24) is 15.6 Å². The summed E-state index contributed by atoms with van der Waals surface area (Å²) in [5, 5.41) is 4.86. The van der Waals surface area contributed by atoms with Crippen LogP contribution in [-0.2, 0) is 0 Å². The molecule has 2 saturated heterocycles. The molecule has 3 nitrogen and oxygen atoms in total. The second kappa shape index (κ2) is 6.46. The zero-order valence-corrected chi connectivity index (χ0v) is 9.88. The number of rotatable bonds is 2. The number of nitrogens with zero attached hydrogens (tertiary/aromatic N) is 2. The highest BCUT2D eigenvalue weighted by molar-refractivity contribution is 4.62. The van der Waals surface area contributed by atoms with Gasteiger partial charge >= 0.3 is 0 Å². The summed E-state index contributed by atoms with van der Waals surface area (Å²) in [6.07, 6.45) is 11.1. The SMILES string of the molecule is C1CCCN(NN2CCCCCC2)CC1. The Kier molecular flexibility index (Phi) is 4.90. The molecule has 88 valence electrons. The highest BCUT2D eigenvalue weighted by Gasteiger charge is 2.13. The first kappa shape index (κ1) is 11.4. The minimum absolute atomic E-state index is 1.23. The molecule has 1 N–H and O–H groups in total. The van der Waals surface area contributed by atoms with Crippen molar-refractivity contribution in [2.75, 3.05) is 26.2 Å². The van der Waals surface area contributed by atoms with Gasteiger partial charge in [-0.2, -0.15) is 5.53 Å². The van der Waals surface area contributed by atoms with Crippen LogP contribution in [0.5, 0.6) is 0 Å². The summed E-state index contributed by atoms with van der Waals surface area (Å²) in [7, 11) is 0. The van der Waals surface area contributed by atoms with E-state index >= 15 is 0 Å². The lowest BCUT2D eigenvalue weighted by Crippen LogP contribution is -2.50. The first-order valence-electron chi connectivity index (χ1n) is 6.71. The van der Waals surface area contributed by atoms with Crippen molar-refractivity contribution < 1.29 is 0 Å². The van der Waals surface area contributed by atoms with Gasteiger partial charge in [0.25, 0.3) is 0 Å². The first-order valence-corrected chi connectivity index (χ1v) is 6.71. The number of hydrazine groups is 2. The summed E-state index contributed by atoms with van der Waals surface area (Å²) in [5.41, 5.74) is 3.60. The number of hydrogen-bond donors (Lipinski definition) is 1. The van der Waals surface area contributed by atoms with E-state index in [9.17, 15) is 0 Å². The molecule has 2 heterocycles. The van der Waals surface area contributed by atoms with Crippen molar-refractivity contribution >= 4 is 0 Å². The Morgan fingerprint density at radius 1 is 0.467 bits per heavy atom. The molecule has 2 fully saturated rings. The molecule has 3 heteroatoms. The van der Waals surface area contributed by atoms with E-state index in [-0.39, 0.29) is 0 Å². The van der Waals surface area contributed by atoms with Gasteiger partial charge in [-0.15, -0.1) is 0 Å². The highest BCUT2D eigenvalue weighted by Crippen LogP contribution is 2.10. The van der Waals surface area contributed by atoms with Crippen molar-refractivity contribution in [2.45, 2.75) is 51.4 Å². The maximum absolute atomic E-state index is 3.60. The average Bonchev–Trinajstić information content (AvgIpc) is 2.63. The normalized spacial score (nSPS) is 27.2. The van der Waals surface area contributed by atoms with Crippen LogP contribution < -0.4 is 5.53 Å². The molecular formula is C12H25N3. The zero-order chi connectivity index (χ0) is 10.3. The van der Waals surface area contributed by atoms with Crippen LogP contribution in [0.15, 0.2) is 0 Å². The molecule has 0 aromatic heterocycles. The van der Waals surface area contributed by atoms with Crippen molar-refractivity contribution in [2.24, 2.45) is 0 Å². The lowest BCUT2D eigenvalue weighted by molar-refractivity contribution is 0.0274. The van der Waals surface area contributed by atoms with Gasteiger partial charge in [0.2, 0.25) is 0 Å². The maximum atomic E-state index is 3.60. The summed E-state index contributed by atoms with van der Waals surface area (Å²) < 4.78 is 0. The van der Waals surface area contributed by atoms with Crippen LogP contribution in [0.4, 0.5) is 0 Å². The monoisotopic (exact) mass is 211 g/mol. The van der Waals surface area contributed by atoms with E-state index in [0.717, 1.165) is 0 Å². The fourth-order valence-corrected chi connectivity index (χ4v) is 2.54. The fraction of sp³-hybridized carbons (Fsp3) is 1.00. The standard InChI is InChI=1S/C12H25N3/c1-2-6-10-14(9-5-1)13-15-11-7-3-4-8-12-15/h13H,1-12H2. The summed E-state index contributed by atoms with van der Waals surface area (Å²) in [4.78, 5) is 0. The van der Waals surface area contributed by atoms with Crippen LogP contribution in [0.2, 0.25) is 0 Å². The van der Waals surface area contributed by atoms with Crippen LogP contribution >= 0.6 is 0 Å². The average molecular weight is 211 g/mol. The first-order chi connectivity index (χ1) is 7.45. The van der Waals surface area contributed by atoms with Gasteiger partial charge in [0.05, 0.1) is 0 Å². The lowest BCUT2D eigenvalue weighted by Gasteiger charge is -2.29. The Labute approximate surface area is 93.8 Å². The van der Waals surface area contributed by atoms with Gasteiger partial charge in [-0.25, -0.2) is 10.0 Å². The third-order valence-electron chi connectivity index (χ3n) is 3.49.